The second-order valence-electron chi connectivity index (χ2n) is 4.62. The van der Waals surface area contributed by atoms with Gasteiger partial charge in [-0.1, -0.05) is 0 Å². The summed E-state index contributed by atoms with van der Waals surface area (Å²) in [7, 11) is 0. The molecule has 0 amide bonds. The molecule has 0 aliphatic carbocycles. The van der Waals surface area contributed by atoms with E-state index in [-0.39, 0.29) is 17.7 Å². The van der Waals surface area contributed by atoms with Crippen LogP contribution in [0, 0.1) is 0 Å². The Kier molecular flexibility index (Phi) is 3.98. The van der Waals surface area contributed by atoms with E-state index >= 15 is 0 Å². The molecule has 1 aliphatic heterocycles. The molecule has 1 aliphatic rings. The van der Waals surface area contributed by atoms with Gasteiger partial charge >= 0.3 is 12.4 Å². The van der Waals surface area contributed by atoms with Gasteiger partial charge in [-0.3, -0.25) is 5.32 Å². The number of rotatable bonds is 1. The minimum Gasteiger partial charge on any atom is -0.298 e. The first-order valence-electron chi connectivity index (χ1n) is 5.74. The molecule has 1 nitrogen and oxygen atoms in total. The molecule has 0 aromatic heterocycles. The third kappa shape index (κ3) is 3.41. The van der Waals surface area contributed by atoms with Gasteiger partial charge < -0.3 is 0 Å². The zero-order valence-electron chi connectivity index (χ0n) is 10.3. The van der Waals surface area contributed by atoms with Crippen LogP contribution in [-0.4, -0.2) is 11.8 Å². The van der Waals surface area contributed by atoms with E-state index in [0.29, 0.717) is 5.75 Å². The number of benzene rings is 1. The quantitative estimate of drug-likeness (QED) is 0.769. The molecule has 0 saturated carbocycles. The van der Waals surface area contributed by atoms with E-state index in [1.54, 1.807) is 0 Å². The van der Waals surface area contributed by atoms with Crippen LogP contribution in [-0.2, 0) is 12.4 Å². The van der Waals surface area contributed by atoms with Crippen LogP contribution < -0.4 is 5.32 Å². The van der Waals surface area contributed by atoms with Crippen LogP contribution in [0.2, 0.25) is 0 Å². The second-order valence-corrected chi connectivity index (χ2v) is 5.76. The largest absolute Gasteiger partial charge is 0.416 e. The van der Waals surface area contributed by atoms with Crippen molar-refractivity contribution in [3.05, 3.63) is 34.9 Å². The zero-order chi connectivity index (χ0) is 15.1. The van der Waals surface area contributed by atoms with Gasteiger partial charge in [-0.05, 0) is 30.7 Å². The highest BCUT2D eigenvalue weighted by molar-refractivity contribution is 7.99. The van der Waals surface area contributed by atoms with Gasteiger partial charge in [0.1, 0.15) is 0 Å². The van der Waals surface area contributed by atoms with Crippen molar-refractivity contribution < 1.29 is 26.3 Å². The van der Waals surface area contributed by atoms with Crippen molar-refractivity contribution in [2.24, 2.45) is 0 Å². The van der Waals surface area contributed by atoms with Crippen LogP contribution in [0.1, 0.15) is 29.0 Å². The molecule has 1 fully saturated rings. The van der Waals surface area contributed by atoms with E-state index in [1.165, 1.54) is 11.8 Å². The Balaban J connectivity index is 2.46. The highest BCUT2D eigenvalue weighted by Gasteiger charge is 2.38. The maximum Gasteiger partial charge on any atom is 0.416 e. The van der Waals surface area contributed by atoms with Gasteiger partial charge in [0.2, 0.25) is 0 Å². The lowest BCUT2D eigenvalue weighted by atomic mass is 10.0. The average molecular weight is 315 g/mol. The summed E-state index contributed by atoms with van der Waals surface area (Å²) in [5, 5.41) is 2.41. The van der Waals surface area contributed by atoms with E-state index in [4.69, 9.17) is 0 Å². The Morgan fingerprint density at radius 1 is 1.00 bits per heavy atom. The number of hydrogen-bond donors (Lipinski definition) is 1. The number of hydrogen-bond acceptors (Lipinski definition) is 2. The van der Waals surface area contributed by atoms with Crippen molar-refractivity contribution in [1.82, 2.24) is 5.32 Å². The highest BCUT2D eigenvalue weighted by atomic mass is 32.2. The summed E-state index contributed by atoms with van der Waals surface area (Å²) in [4.78, 5) is 0. The van der Waals surface area contributed by atoms with Crippen LogP contribution in [0.4, 0.5) is 26.3 Å². The molecule has 0 spiro atoms. The molecule has 20 heavy (non-hydrogen) atoms. The van der Waals surface area contributed by atoms with Gasteiger partial charge in [-0.2, -0.15) is 26.3 Å². The maximum atomic E-state index is 12.7. The molecule has 8 heteroatoms. The molecule has 1 aromatic rings. The van der Waals surface area contributed by atoms with Crippen LogP contribution in [0.15, 0.2) is 18.2 Å². The van der Waals surface area contributed by atoms with E-state index in [9.17, 15) is 26.3 Å². The fourth-order valence-corrected chi connectivity index (χ4v) is 3.15. The van der Waals surface area contributed by atoms with Crippen molar-refractivity contribution in [3.8, 4) is 0 Å². The normalized spacial score (nSPS) is 24.1. The first-order chi connectivity index (χ1) is 9.07. The van der Waals surface area contributed by atoms with Gasteiger partial charge in [0, 0.05) is 11.8 Å². The van der Waals surface area contributed by atoms with Gasteiger partial charge in [-0.15, -0.1) is 11.8 Å². The molecule has 2 unspecified atom stereocenters. The van der Waals surface area contributed by atoms with Crippen LogP contribution in [0.3, 0.4) is 0 Å². The molecule has 112 valence electrons. The summed E-state index contributed by atoms with van der Waals surface area (Å²) >= 11 is 1.30. The topological polar surface area (TPSA) is 12.0 Å². The number of alkyl halides is 6. The highest BCUT2D eigenvalue weighted by Crippen LogP contribution is 2.40. The molecular weight excluding hydrogens is 304 g/mol. The molecule has 1 aromatic carbocycles. The fraction of sp³-hybridized carbons (Fsp3) is 0.500. The molecule has 1 N–H and O–H groups in total. The van der Waals surface area contributed by atoms with Crippen molar-refractivity contribution in [2.45, 2.75) is 30.7 Å². The maximum absolute atomic E-state index is 12.7. The summed E-state index contributed by atoms with van der Waals surface area (Å²) in [6, 6.07) is 1.75. The van der Waals surface area contributed by atoms with Crippen LogP contribution in [0.25, 0.3) is 0 Å². The first kappa shape index (κ1) is 15.5. The minimum absolute atomic E-state index is 0.00139. The molecule has 0 radical (unpaired) electrons. The summed E-state index contributed by atoms with van der Waals surface area (Å²) in [5.41, 5.74) is -2.55. The standard InChI is InChI=1S/C12H11F6NS/c1-6-5-20-10(19-6)7-2-8(11(13,14)15)4-9(3-7)12(16,17)18/h2-4,6,10,19H,5H2,1H3. The molecule has 1 saturated heterocycles. The molecule has 1 heterocycles. The Morgan fingerprint density at radius 2 is 1.50 bits per heavy atom. The lowest BCUT2D eigenvalue weighted by Crippen LogP contribution is -2.22. The Hall–Kier alpha value is -0.890. The Bertz CT molecular complexity index is 463. The third-order valence-electron chi connectivity index (χ3n) is 2.86. The summed E-state index contributed by atoms with van der Waals surface area (Å²) in [6.45, 7) is 1.82. The van der Waals surface area contributed by atoms with Gasteiger partial charge in [-0.25, -0.2) is 0 Å². The van der Waals surface area contributed by atoms with E-state index in [2.05, 4.69) is 5.32 Å². The summed E-state index contributed by atoms with van der Waals surface area (Å²) in [6.07, 6.45) is -9.60. The van der Waals surface area contributed by atoms with Crippen LogP contribution >= 0.6 is 11.8 Å². The SMILES string of the molecule is CC1CSC(c2cc(C(F)(F)F)cc(C(F)(F)F)c2)N1. The summed E-state index contributed by atoms with van der Waals surface area (Å²) < 4.78 is 76.2. The molecular formula is C12H11F6NS. The monoisotopic (exact) mass is 315 g/mol. The lowest BCUT2D eigenvalue weighted by Gasteiger charge is -2.17. The third-order valence-corrected chi connectivity index (χ3v) is 4.30. The van der Waals surface area contributed by atoms with Crippen molar-refractivity contribution >= 4 is 11.8 Å². The fourth-order valence-electron chi connectivity index (χ4n) is 1.92. The van der Waals surface area contributed by atoms with Crippen molar-refractivity contribution in [3.63, 3.8) is 0 Å². The van der Waals surface area contributed by atoms with Crippen molar-refractivity contribution in [1.29, 1.82) is 0 Å². The predicted molar refractivity (Wildman–Crippen MR) is 64.2 cm³/mol. The van der Waals surface area contributed by atoms with E-state index < -0.39 is 28.9 Å². The average Bonchev–Trinajstić information content (AvgIpc) is 2.73. The zero-order valence-corrected chi connectivity index (χ0v) is 11.1. The van der Waals surface area contributed by atoms with Crippen molar-refractivity contribution in [2.75, 3.05) is 5.75 Å². The van der Waals surface area contributed by atoms with Crippen LogP contribution in [0.5, 0.6) is 0 Å². The number of halogens is 6. The first-order valence-corrected chi connectivity index (χ1v) is 6.79. The molecule has 0 bridgehead atoms. The Labute approximate surface area is 115 Å². The van der Waals surface area contributed by atoms with Gasteiger partial charge in [0.15, 0.2) is 0 Å². The second kappa shape index (κ2) is 5.14. The van der Waals surface area contributed by atoms with Gasteiger partial charge in [0.05, 0.1) is 16.5 Å². The van der Waals surface area contributed by atoms with E-state index in [1.807, 2.05) is 6.92 Å². The van der Waals surface area contributed by atoms with E-state index in [0.717, 1.165) is 12.1 Å². The van der Waals surface area contributed by atoms with Gasteiger partial charge in [0.25, 0.3) is 0 Å². The lowest BCUT2D eigenvalue weighted by molar-refractivity contribution is -0.143. The molecule has 2 rings (SSSR count). The molecule has 2 atom stereocenters. The minimum atomic E-state index is -4.80. The predicted octanol–water partition coefficient (Wildman–Crippen LogP) is 4.45. The Morgan fingerprint density at radius 3 is 1.85 bits per heavy atom. The number of thioether (sulfide) groups is 1. The summed E-state index contributed by atoms with van der Waals surface area (Å²) in [5.74, 6) is 0.641. The number of nitrogens with one attached hydrogen (secondary N) is 1. The smallest absolute Gasteiger partial charge is 0.298 e.